The van der Waals surface area contributed by atoms with Gasteiger partial charge in [-0.2, -0.15) is 0 Å². The van der Waals surface area contributed by atoms with Crippen molar-refractivity contribution in [3.8, 4) is 0 Å². The molecule has 2 nitrogen and oxygen atoms in total. The Morgan fingerprint density at radius 3 is 2.50 bits per heavy atom. The Labute approximate surface area is 74.4 Å². The van der Waals surface area contributed by atoms with Gasteiger partial charge in [-0.3, -0.25) is 0 Å². The van der Waals surface area contributed by atoms with Crippen LogP contribution in [0.5, 0.6) is 0 Å². The van der Waals surface area contributed by atoms with Crippen molar-refractivity contribution in [2.45, 2.75) is 39.5 Å². The Bertz CT molecular complexity index is 185. The normalized spacial score (nSPS) is 25.8. The van der Waals surface area contributed by atoms with Gasteiger partial charge in [0.25, 0.3) is 0 Å². The average molecular weight is 168 g/mol. The van der Waals surface area contributed by atoms with Crippen molar-refractivity contribution in [1.82, 2.24) is 0 Å². The lowest BCUT2D eigenvalue weighted by Crippen LogP contribution is -2.22. The first kappa shape index (κ1) is 9.81. The fourth-order valence-electron chi connectivity index (χ4n) is 1.87. The summed E-state index contributed by atoms with van der Waals surface area (Å²) in [5.74, 6) is 1.58. The second kappa shape index (κ2) is 3.63. The van der Waals surface area contributed by atoms with E-state index in [1.54, 1.807) is 5.98 Å². The summed E-state index contributed by atoms with van der Waals surface area (Å²) in [6.07, 6.45) is 4.62. The summed E-state index contributed by atoms with van der Waals surface area (Å²) < 4.78 is 0. The van der Waals surface area contributed by atoms with Crippen LogP contribution in [-0.2, 0) is 0 Å². The minimum atomic E-state index is -1.28. The van der Waals surface area contributed by atoms with Crippen molar-refractivity contribution in [2.24, 2.45) is 5.41 Å². The maximum atomic E-state index is 8.82. The van der Waals surface area contributed by atoms with Gasteiger partial charge in [0.05, 0.1) is 0 Å². The summed E-state index contributed by atoms with van der Waals surface area (Å²) >= 11 is 0. The second-order valence-corrected chi connectivity index (χ2v) is 4.20. The minimum Gasteiger partial charge on any atom is -0.424 e. The van der Waals surface area contributed by atoms with Gasteiger partial charge in [0.15, 0.2) is 0 Å². The Hall–Kier alpha value is -0.275. The molecule has 0 aromatic carbocycles. The summed E-state index contributed by atoms with van der Waals surface area (Å²) in [6, 6.07) is 0. The molecule has 0 saturated heterocycles. The van der Waals surface area contributed by atoms with E-state index in [-0.39, 0.29) is 5.41 Å². The van der Waals surface area contributed by atoms with E-state index in [0.717, 1.165) is 12.8 Å². The molecule has 1 aliphatic carbocycles. The standard InChI is InChI=1S/C9H17BO2/c1-9(2)6-4-3-5-8(9)7-10(11)12/h7,11-12H,3-6H2,1-2H3/b8-7+. The third-order valence-corrected chi connectivity index (χ3v) is 2.72. The molecule has 0 heterocycles. The first-order valence-electron chi connectivity index (χ1n) is 4.60. The fraction of sp³-hybridized carbons (Fsp3) is 0.778. The molecular formula is C9H17BO2. The lowest BCUT2D eigenvalue weighted by molar-refractivity contribution is 0.334. The predicted octanol–water partition coefficient (Wildman–Crippen LogP) is 1.52. The number of rotatable bonds is 1. The van der Waals surface area contributed by atoms with Crippen molar-refractivity contribution in [1.29, 1.82) is 0 Å². The van der Waals surface area contributed by atoms with Gasteiger partial charge in [-0.25, -0.2) is 0 Å². The van der Waals surface area contributed by atoms with E-state index in [0.29, 0.717) is 0 Å². The summed E-state index contributed by atoms with van der Waals surface area (Å²) in [5.41, 5.74) is 1.37. The number of hydrogen-bond acceptors (Lipinski definition) is 2. The highest BCUT2D eigenvalue weighted by Gasteiger charge is 2.27. The molecule has 1 fully saturated rings. The zero-order valence-corrected chi connectivity index (χ0v) is 7.88. The molecule has 0 aromatic rings. The van der Waals surface area contributed by atoms with Crippen molar-refractivity contribution >= 4 is 7.12 Å². The molecule has 3 heteroatoms. The summed E-state index contributed by atoms with van der Waals surface area (Å²) in [6.45, 7) is 4.33. The highest BCUT2D eigenvalue weighted by molar-refractivity contribution is 6.47. The Morgan fingerprint density at radius 1 is 1.33 bits per heavy atom. The summed E-state index contributed by atoms with van der Waals surface area (Å²) in [5, 5.41) is 17.6. The van der Waals surface area contributed by atoms with Crippen LogP contribution in [0.1, 0.15) is 39.5 Å². The van der Waals surface area contributed by atoms with E-state index < -0.39 is 7.12 Å². The van der Waals surface area contributed by atoms with Crippen molar-refractivity contribution in [3.63, 3.8) is 0 Å². The monoisotopic (exact) mass is 168 g/mol. The molecule has 0 atom stereocenters. The third-order valence-electron chi connectivity index (χ3n) is 2.72. The van der Waals surface area contributed by atoms with Crippen LogP contribution in [0.2, 0.25) is 0 Å². The van der Waals surface area contributed by atoms with Crippen LogP contribution in [0.15, 0.2) is 11.5 Å². The molecule has 12 heavy (non-hydrogen) atoms. The van der Waals surface area contributed by atoms with Crippen LogP contribution in [0.4, 0.5) is 0 Å². The van der Waals surface area contributed by atoms with Crippen molar-refractivity contribution in [2.75, 3.05) is 0 Å². The molecular weight excluding hydrogens is 151 g/mol. The van der Waals surface area contributed by atoms with Crippen LogP contribution in [0.3, 0.4) is 0 Å². The molecule has 68 valence electrons. The first-order valence-corrected chi connectivity index (χ1v) is 4.60. The second-order valence-electron chi connectivity index (χ2n) is 4.20. The van der Waals surface area contributed by atoms with Crippen LogP contribution in [-0.4, -0.2) is 17.2 Å². The smallest absolute Gasteiger partial charge is 0.424 e. The lowest BCUT2D eigenvalue weighted by atomic mass is 9.69. The topological polar surface area (TPSA) is 40.5 Å². The molecule has 0 aromatic heterocycles. The average Bonchev–Trinajstić information content (AvgIpc) is 1.92. The molecule has 0 aliphatic heterocycles. The SMILES string of the molecule is CC1(C)CCCC/C1=C\B(O)O. The maximum Gasteiger partial charge on any atom is 0.480 e. The van der Waals surface area contributed by atoms with E-state index in [9.17, 15) is 0 Å². The van der Waals surface area contributed by atoms with E-state index in [1.807, 2.05) is 0 Å². The van der Waals surface area contributed by atoms with Gasteiger partial charge in [-0.05, 0) is 24.7 Å². The molecule has 0 unspecified atom stereocenters. The predicted molar refractivity (Wildman–Crippen MR) is 50.5 cm³/mol. The zero-order valence-electron chi connectivity index (χ0n) is 7.88. The third kappa shape index (κ3) is 2.36. The van der Waals surface area contributed by atoms with Gasteiger partial charge in [0.2, 0.25) is 0 Å². The van der Waals surface area contributed by atoms with Gasteiger partial charge >= 0.3 is 7.12 Å². The Morgan fingerprint density at radius 2 is 2.00 bits per heavy atom. The Balaban J connectivity index is 2.72. The zero-order chi connectivity index (χ0) is 9.19. The van der Waals surface area contributed by atoms with Crippen LogP contribution >= 0.6 is 0 Å². The number of hydrogen-bond donors (Lipinski definition) is 2. The summed E-state index contributed by atoms with van der Waals surface area (Å²) in [4.78, 5) is 0. The highest BCUT2D eigenvalue weighted by Crippen LogP contribution is 2.39. The molecule has 0 amide bonds. The highest BCUT2D eigenvalue weighted by atomic mass is 16.4. The molecule has 2 N–H and O–H groups in total. The van der Waals surface area contributed by atoms with Crippen LogP contribution in [0.25, 0.3) is 0 Å². The molecule has 1 saturated carbocycles. The van der Waals surface area contributed by atoms with Crippen LogP contribution in [0, 0.1) is 5.41 Å². The fourth-order valence-corrected chi connectivity index (χ4v) is 1.87. The number of allylic oxidation sites excluding steroid dienone is 1. The van der Waals surface area contributed by atoms with Gasteiger partial charge in [-0.15, -0.1) is 0 Å². The minimum absolute atomic E-state index is 0.169. The molecule has 0 radical (unpaired) electrons. The first-order chi connectivity index (χ1) is 5.52. The quantitative estimate of drug-likeness (QED) is 0.582. The Kier molecular flexibility index (Phi) is 2.96. The van der Waals surface area contributed by atoms with Gasteiger partial charge in [-0.1, -0.05) is 31.8 Å². The van der Waals surface area contributed by atoms with E-state index in [2.05, 4.69) is 13.8 Å². The molecule has 1 aliphatic rings. The van der Waals surface area contributed by atoms with Crippen LogP contribution < -0.4 is 0 Å². The lowest BCUT2D eigenvalue weighted by Gasteiger charge is -2.33. The molecule has 0 spiro atoms. The summed E-state index contributed by atoms with van der Waals surface area (Å²) in [7, 11) is -1.28. The van der Waals surface area contributed by atoms with E-state index >= 15 is 0 Å². The molecule has 0 bridgehead atoms. The van der Waals surface area contributed by atoms with Gasteiger partial charge in [0.1, 0.15) is 0 Å². The van der Waals surface area contributed by atoms with Crippen molar-refractivity contribution in [3.05, 3.63) is 11.5 Å². The largest absolute Gasteiger partial charge is 0.480 e. The van der Waals surface area contributed by atoms with Crippen molar-refractivity contribution < 1.29 is 10.0 Å². The van der Waals surface area contributed by atoms with E-state index in [4.69, 9.17) is 10.0 Å². The van der Waals surface area contributed by atoms with Gasteiger partial charge in [0, 0.05) is 0 Å². The maximum absolute atomic E-state index is 8.82. The van der Waals surface area contributed by atoms with E-state index in [1.165, 1.54) is 18.4 Å². The molecule has 1 rings (SSSR count). The van der Waals surface area contributed by atoms with Gasteiger partial charge < -0.3 is 10.0 Å².